The quantitative estimate of drug-likeness (QED) is 0.636. The Balaban J connectivity index is 1.39. The molecule has 0 atom stereocenters. The van der Waals surface area contributed by atoms with E-state index in [0.717, 1.165) is 29.8 Å². The van der Waals surface area contributed by atoms with Crippen molar-refractivity contribution in [1.82, 2.24) is 24.8 Å². The Morgan fingerprint density at radius 3 is 2.65 bits per heavy atom. The van der Waals surface area contributed by atoms with Crippen LogP contribution in [0.4, 0.5) is 0 Å². The molecule has 6 nitrogen and oxygen atoms in total. The summed E-state index contributed by atoms with van der Waals surface area (Å²) in [5.74, 6) is -0.0564. The van der Waals surface area contributed by atoms with Gasteiger partial charge in [0.1, 0.15) is 0 Å². The maximum atomic E-state index is 12.7. The molecule has 134 valence electrons. The van der Waals surface area contributed by atoms with Gasteiger partial charge in [-0.15, -0.1) is 16.4 Å². The van der Waals surface area contributed by atoms with Gasteiger partial charge in [-0.05, 0) is 39.5 Å². The number of para-hydroxylation sites is 1. The van der Waals surface area contributed by atoms with Gasteiger partial charge in [-0.2, -0.15) is 0 Å². The van der Waals surface area contributed by atoms with E-state index < -0.39 is 0 Å². The van der Waals surface area contributed by atoms with Gasteiger partial charge in [-0.1, -0.05) is 23.4 Å². The van der Waals surface area contributed by atoms with E-state index in [0.29, 0.717) is 18.8 Å². The van der Waals surface area contributed by atoms with Gasteiger partial charge in [0.2, 0.25) is 0 Å². The van der Waals surface area contributed by atoms with E-state index in [1.54, 1.807) is 22.2 Å². The van der Waals surface area contributed by atoms with E-state index >= 15 is 0 Å². The number of carbonyl (C=O) groups excluding carboxylic acids is 1. The van der Waals surface area contributed by atoms with Gasteiger partial charge in [-0.3, -0.25) is 9.69 Å². The number of halogens is 1. The van der Waals surface area contributed by atoms with Crippen LogP contribution >= 0.6 is 27.3 Å². The number of hydrogen-bond donors (Lipinski definition) is 0. The highest BCUT2D eigenvalue weighted by molar-refractivity contribution is 9.10. The number of carbonyl (C=O) groups is 1. The summed E-state index contributed by atoms with van der Waals surface area (Å²) in [4.78, 5) is 18.3. The Kier molecular flexibility index (Phi) is 5.14. The Morgan fingerprint density at radius 1 is 1.12 bits per heavy atom. The number of rotatable bonds is 4. The largest absolute Gasteiger partial charge is 0.335 e. The van der Waals surface area contributed by atoms with E-state index in [4.69, 9.17) is 0 Å². The lowest BCUT2D eigenvalue weighted by Crippen LogP contribution is -2.48. The van der Waals surface area contributed by atoms with Crippen molar-refractivity contribution in [1.29, 1.82) is 0 Å². The van der Waals surface area contributed by atoms with E-state index in [2.05, 4.69) is 48.7 Å². The van der Waals surface area contributed by atoms with Crippen molar-refractivity contribution in [2.45, 2.75) is 6.54 Å². The minimum Gasteiger partial charge on any atom is -0.335 e. The van der Waals surface area contributed by atoms with Crippen LogP contribution in [0.5, 0.6) is 0 Å². The van der Waals surface area contributed by atoms with Gasteiger partial charge in [0.05, 0.1) is 11.9 Å². The van der Waals surface area contributed by atoms with Gasteiger partial charge in [0, 0.05) is 42.1 Å². The van der Waals surface area contributed by atoms with E-state index in [1.165, 1.54) is 4.88 Å². The third kappa shape index (κ3) is 3.72. The summed E-state index contributed by atoms with van der Waals surface area (Å²) in [6, 6.07) is 12.0. The molecule has 0 saturated carbocycles. The van der Waals surface area contributed by atoms with Crippen molar-refractivity contribution in [3.8, 4) is 5.69 Å². The minimum atomic E-state index is -0.0564. The van der Waals surface area contributed by atoms with Crippen LogP contribution in [0.2, 0.25) is 0 Å². The highest BCUT2D eigenvalue weighted by atomic mass is 79.9. The number of nitrogens with zero attached hydrogens (tertiary/aromatic N) is 5. The zero-order valence-corrected chi connectivity index (χ0v) is 16.5. The average molecular weight is 432 g/mol. The number of piperazine rings is 1. The first-order valence-corrected chi connectivity index (χ1v) is 10.1. The second-order valence-electron chi connectivity index (χ2n) is 6.15. The Hall–Kier alpha value is -2.03. The molecule has 1 aliphatic rings. The van der Waals surface area contributed by atoms with E-state index in [-0.39, 0.29) is 5.91 Å². The summed E-state index contributed by atoms with van der Waals surface area (Å²) >= 11 is 5.27. The predicted octanol–water partition coefficient (Wildman–Crippen LogP) is 3.05. The van der Waals surface area contributed by atoms with Crippen LogP contribution in [0.3, 0.4) is 0 Å². The third-order valence-corrected chi connectivity index (χ3v) is 5.96. The number of aromatic nitrogens is 3. The first kappa shape index (κ1) is 17.4. The van der Waals surface area contributed by atoms with Crippen LogP contribution in [0.15, 0.2) is 52.4 Å². The topological polar surface area (TPSA) is 54.3 Å². The fourth-order valence-corrected chi connectivity index (χ4v) is 4.22. The summed E-state index contributed by atoms with van der Waals surface area (Å²) in [7, 11) is 0. The molecule has 26 heavy (non-hydrogen) atoms. The van der Waals surface area contributed by atoms with Gasteiger partial charge in [0.15, 0.2) is 5.69 Å². The maximum Gasteiger partial charge on any atom is 0.276 e. The van der Waals surface area contributed by atoms with Crippen molar-refractivity contribution < 1.29 is 4.79 Å². The molecule has 1 aromatic carbocycles. The van der Waals surface area contributed by atoms with Crippen molar-refractivity contribution >= 4 is 33.2 Å². The van der Waals surface area contributed by atoms with Crippen LogP contribution in [-0.4, -0.2) is 56.9 Å². The van der Waals surface area contributed by atoms with Crippen LogP contribution < -0.4 is 0 Å². The number of amides is 1. The van der Waals surface area contributed by atoms with Crippen LogP contribution in [0, 0.1) is 0 Å². The Labute approximate surface area is 164 Å². The summed E-state index contributed by atoms with van der Waals surface area (Å²) < 4.78 is 2.54. The van der Waals surface area contributed by atoms with Crippen LogP contribution in [-0.2, 0) is 6.54 Å². The van der Waals surface area contributed by atoms with Gasteiger partial charge >= 0.3 is 0 Å². The molecule has 0 bridgehead atoms. The zero-order chi connectivity index (χ0) is 17.9. The van der Waals surface area contributed by atoms with Crippen molar-refractivity contribution in [3.05, 3.63) is 63.0 Å². The maximum absolute atomic E-state index is 12.7. The molecule has 8 heteroatoms. The third-order valence-electron chi connectivity index (χ3n) is 4.43. The lowest BCUT2D eigenvalue weighted by molar-refractivity contribution is 0.0624. The van der Waals surface area contributed by atoms with Gasteiger partial charge in [0.25, 0.3) is 5.91 Å². The fourth-order valence-electron chi connectivity index (χ4n) is 3.01. The molecular weight excluding hydrogens is 414 g/mol. The molecule has 0 radical (unpaired) electrons. The molecule has 0 spiro atoms. The molecular formula is C18H18BrN5OS. The lowest BCUT2D eigenvalue weighted by atomic mass is 10.2. The molecule has 1 aliphatic heterocycles. The van der Waals surface area contributed by atoms with Gasteiger partial charge in [-0.25, -0.2) is 4.68 Å². The molecule has 1 fully saturated rings. The zero-order valence-electron chi connectivity index (χ0n) is 14.1. The summed E-state index contributed by atoms with van der Waals surface area (Å²) in [5, 5.41) is 10.3. The van der Waals surface area contributed by atoms with E-state index in [9.17, 15) is 4.79 Å². The van der Waals surface area contributed by atoms with Crippen LogP contribution in [0.25, 0.3) is 5.69 Å². The summed E-state index contributed by atoms with van der Waals surface area (Å²) in [6.07, 6.45) is 1.69. The standard InChI is InChI=1S/C18H18BrN5OS/c19-15-5-1-2-6-17(15)24-13-16(20-21-24)18(25)23-9-7-22(8-10-23)12-14-4-3-11-26-14/h1-6,11,13H,7-10,12H2. The molecule has 4 rings (SSSR count). The molecule has 2 aromatic heterocycles. The normalized spacial score (nSPS) is 15.3. The van der Waals surface area contributed by atoms with Gasteiger partial charge < -0.3 is 4.90 Å². The second-order valence-corrected chi connectivity index (χ2v) is 8.03. The predicted molar refractivity (Wildman–Crippen MR) is 105 cm³/mol. The highest BCUT2D eigenvalue weighted by Crippen LogP contribution is 2.20. The molecule has 1 amide bonds. The van der Waals surface area contributed by atoms with Crippen LogP contribution in [0.1, 0.15) is 15.4 Å². The second kappa shape index (κ2) is 7.69. The summed E-state index contributed by atoms with van der Waals surface area (Å²) in [6.45, 7) is 4.14. The minimum absolute atomic E-state index is 0.0564. The van der Waals surface area contributed by atoms with Crippen molar-refractivity contribution in [3.63, 3.8) is 0 Å². The van der Waals surface area contributed by atoms with E-state index in [1.807, 2.05) is 29.2 Å². The molecule has 0 unspecified atom stereocenters. The lowest BCUT2D eigenvalue weighted by Gasteiger charge is -2.34. The first-order chi connectivity index (χ1) is 12.7. The molecule has 1 saturated heterocycles. The monoisotopic (exact) mass is 431 g/mol. The van der Waals surface area contributed by atoms with Crippen molar-refractivity contribution in [2.75, 3.05) is 26.2 Å². The van der Waals surface area contributed by atoms with Crippen molar-refractivity contribution in [2.24, 2.45) is 0 Å². The Bertz CT molecular complexity index is 887. The number of thiophene rings is 1. The molecule has 3 aromatic rings. The average Bonchev–Trinajstić information content (AvgIpc) is 3.34. The first-order valence-electron chi connectivity index (χ1n) is 8.42. The SMILES string of the molecule is O=C(c1cn(-c2ccccc2Br)nn1)N1CCN(Cc2cccs2)CC1. The highest BCUT2D eigenvalue weighted by Gasteiger charge is 2.24. The fraction of sp³-hybridized carbons (Fsp3) is 0.278. The summed E-state index contributed by atoms with van der Waals surface area (Å²) in [5.41, 5.74) is 1.24. The number of hydrogen-bond acceptors (Lipinski definition) is 5. The smallest absolute Gasteiger partial charge is 0.276 e. The molecule has 3 heterocycles. The number of benzene rings is 1. The molecule has 0 N–H and O–H groups in total. The Morgan fingerprint density at radius 2 is 1.92 bits per heavy atom. The molecule has 0 aliphatic carbocycles.